The number of hydrogen-bond acceptors (Lipinski definition) is 3. The minimum Gasteiger partial charge on any atom is -0.464 e. The Morgan fingerprint density at radius 1 is 1.36 bits per heavy atom. The van der Waals surface area contributed by atoms with Gasteiger partial charge < -0.3 is 14.4 Å². The van der Waals surface area contributed by atoms with Gasteiger partial charge in [0.05, 0.1) is 11.8 Å². The lowest BCUT2D eigenvalue weighted by atomic mass is 9.86. The zero-order chi connectivity index (χ0) is 15.7. The summed E-state index contributed by atoms with van der Waals surface area (Å²) in [6, 6.07) is 4.39. The van der Waals surface area contributed by atoms with Crippen LogP contribution < -0.4 is 0 Å². The molecule has 0 bridgehead atoms. The van der Waals surface area contributed by atoms with Crippen LogP contribution in [-0.4, -0.2) is 35.6 Å². The van der Waals surface area contributed by atoms with E-state index < -0.39 is 5.82 Å². The second kappa shape index (κ2) is 6.08. The minimum atomic E-state index is -0.436. The summed E-state index contributed by atoms with van der Waals surface area (Å²) in [7, 11) is 1.76. The highest BCUT2D eigenvalue weighted by Gasteiger charge is 2.28. The molecule has 0 unspecified atom stereocenters. The predicted octanol–water partition coefficient (Wildman–Crippen LogP) is 3.20. The number of aliphatic hydroxyl groups is 1. The van der Waals surface area contributed by atoms with Gasteiger partial charge in [-0.3, -0.25) is 4.79 Å². The molecular weight excluding hydrogens is 285 g/mol. The van der Waals surface area contributed by atoms with Gasteiger partial charge in [-0.15, -0.1) is 0 Å². The number of amides is 1. The lowest BCUT2D eigenvalue weighted by molar-refractivity contribution is 0.0653. The SMILES string of the molecule is CN(C(=O)c1cc(F)cc2ccoc12)C1CCC(CO)CC1. The van der Waals surface area contributed by atoms with Crippen molar-refractivity contribution in [3.63, 3.8) is 0 Å². The second-order valence-electron chi connectivity index (χ2n) is 6.07. The Kier molecular flexibility index (Phi) is 4.16. The number of hydrogen-bond donors (Lipinski definition) is 1. The summed E-state index contributed by atoms with van der Waals surface area (Å²) >= 11 is 0. The van der Waals surface area contributed by atoms with Crippen molar-refractivity contribution in [2.45, 2.75) is 31.7 Å². The van der Waals surface area contributed by atoms with E-state index >= 15 is 0 Å². The van der Waals surface area contributed by atoms with E-state index in [1.54, 1.807) is 18.0 Å². The highest BCUT2D eigenvalue weighted by molar-refractivity contribution is 6.04. The van der Waals surface area contributed by atoms with Crippen molar-refractivity contribution in [2.75, 3.05) is 13.7 Å². The number of carbonyl (C=O) groups is 1. The number of furan rings is 1. The first-order valence-electron chi connectivity index (χ1n) is 7.65. The zero-order valence-electron chi connectivity index (χ0n) is 12.6. The van der Waals surface area contributed by atoms with Gasteiger partial charge in [0.1, 0.15) is 11.4 Å². The lowest BCUT2D eigenvalue weighted by Crippen LogP contribution is -2.40. The van der Waals surface area contributed by atoms with Crippen molar-refractivity contribution < 1.29 is 18.7 Å². The van der Waals surface area contributed by atoms with Gasteiger partial charge in [-0.1, -0.05) is 0 Å². The molecule has 1 fully saturated rings. The van der Waals surface area contributed by atoms with Gasteiger partial charge in [0.2, 0.25) is 0 Å². The number of carbonyl (C=O) groups excluding carboxylic acids is 1. The third-order valence-electron chi connectivity index (χ3n) is 4.69. The van der Waals surface area contributed by atoms with E-state index in [0.717, 1.165) is 25.7 Å². The molecule has 1 aromatic heterocycles. The lowest BCUT2D eigenvalue weighted by Gasteiger charge is -2.34. The van der Waals surface area contributed by atoms with Crippen LogP contribution in [0.3, 0.4) is 0 Å². The van der Waals surface area contributed by atoms with Gasteiger partial charge in [0, 0.05) is 25.1 Å². The molecular formula is C17H20FNO3. The standard InChI is InChI=1S/C17H20FNO3/c1-19(14-4-2-11(10-20)3-5-14)17(21)15-9-13(18)8-12-6-7-22-16(12)15/h6-9,11,14,20H,2-5,10H2,1H3. The summed E-state index contributed by atoms with van der Waals surface area (Å²) in [6.07, 6.45) is 5.03. The molecule has 0 spiro atoms. The number of halogens is 1. The van der Waals surface area contributed by atoms with Gasteiger partial charge in [-0.2, -0.15) is 0 Å². The van der Waals surface area contributed by atoms with Crippen LogP contribution >= 0.6 is 0 Å². The summed E-state index contributed by atoms with van der Waals surface area (Å²) < 4.78 is 19.0. The van der Waals surface area contributed by atoms with Gasteiger partial charge in [-0.05, 0) is 49.8 Å². The molecule has 2 aromatic rings. The quantitative estimate of drug-likeness (QED) is 0.947. The first-order valence-corrected chi connectivity index (χ1v) is 7.65. The van der Waals surface area contributed by atoms with Crippen molar-refractivity contribution in [1.29, 1.82) is 0 Å². The van der Waals surface area contributed by atoms with E-state index in [-0.39, 0.29) is 24.1 Å². The van der Waals surface area contributed by atoms with Gasteiger partial charge in [0.15, 0.2) is 0 Å². The summed E-state index contributed by atoms with van der Waals surface area (Å²) in [4.78, 5) is 14.4. The van der Waals surface area contributed by atoms with E-state index in [4.69, 9.17) is 4.42 Å². The molecule has 1 aliphatic rings. The Hall–Kier alpha value is -1.88. The first-order chi connectivity index (χ1) is 10.6. The number of nitrogens with zero attached hydrogens (tertiary/aromatic N) is 1. The monoisotopic (exact) mass is 305 g/mol. The molecule has 4 nitrogen and oxygen atoms in total. The molecule has 0 saturated heterocycles. The molecule has 118 valence electrons. The second-order valence-corrected chi connectivity index (χ2v) is 6.07. The van der Waals surface area contributed by atoms with Gasteiger partial charge in [0.25, 0.3) is 5.91 Å². The van der Waals surface area contributed by atoms with Crippen LogP contribution in [0.1, 0.15) is 36.0 Å². The molecule has 0 aliphatic heterocycles. The van der Waals surface area contributed by atoms with E-state index in [2.05, 4.69) is 0 Å². The zero-order valence-corrected chi connectivity index (χ0v) is 12.6. The first kappa shape index (κ1) is 15.0. The average molecular weight is 305 g/mol. The Balaban J connectivity index is 1.82. The normalized spacial score (nSPS) is 22.0. The Morgan fingerprint density at radius 3 is 2.77 bits per heavy atom. The van der Waals surface area contributed by atoms with Crippen LogP contribution in [0.4, 0.5) is 4.39 Å². The number of aliphatic hydroxyl groups excluding tert-OH is 1. The van der Waals surface area contributed by atoms with Crippen LogP contribution in [0.5, 0.6) is 0 Å². The van der Waals surface area contributed by atoms with Crippen molar-refractivity contribution in [2.24, 2.45) is 5.92 Å². The fraction of sp³-hybridized carbons (Fsp3) is 0.471. The summed E-state index contributed by atoms with van der Waals surface area (Å²) in [6.45, 7) is 0.210. The fourth-order valence-electron chi connectivity index (χ4n) is 3.27. The van der Waals surface area contributed by atoms with Crippen molar-refractivity contribution in [1.82, 2.24) is 4.90 Å². The maximum atomic E-state index is 13.7. The van der Waals surface area contributed by atoms with Crippen LogP contribution in [0.15, 0.2) is 28.9 Å². The van der Waals surface area contributed by atoms with E-state index in [9.17, 15) is 14.3 Å². The minimum absolute atomic E-state index is 0.128. The molecule has 3 rings (SSSR count). The number of rotatable bonds is 3. The van der Waals surface area contributed by atoms with Crippen LogP contribution in [0.2, 0.25) is 0 Å². The number of benzene rings is 1. The van der Waals surface area contributed by atoms with Crippen molar-refractivity contribution >= 4 is 16.9 Å². The Morgan fingerprint density at radius 2 is 2.09 bits per heavy atom. The molecule has 1 saturated carbocycles. The van der Waals surface area contributed by atoms with Crippen LogP contribution in [-0.2, 0) is 0 Å². The topological polar surface area (TPSA) is 53.7 Å². The molecule has 0 atom stereocenters. The third kappa shape index (κ3) is 2.73. The van der Waals surface area contributed by atoms with E-state index in [0.29, 0.717) is 16.9 Å². The van der Waals surface area contributed by atoms with Gasteiger partial charge in [-0.25, -0.2) is 4.39 Å². The summed E-state index contributed by atoms with van der Waals surface area (Å²) in [5, 5.41) is 9.79. The van der Waals surface area contributed by atoms with Crippen LogP contribution in [0, 0.1) is 11.7 Å². The third-order valence-corrected chi connectivity index (χ3v) is 4.69. The summed E-state index contributed by atoms with van der Waals surface area (Å²) in [5.41, 5.74) is 0.703. The average Bonchev–Trinajstić information content (AvgIpc) is 3.01. The summed E-state index contributed by atoms with van der Waals surface area (Å²) in [5.74, 6) is -0.313. The van der Waals surface area contributed by atoms with Crippen LogP contribution in [0.25, 0.3) is 11.0 Å². The molecule has 22 heavy (non-hydrogen) atoms. The molecule has 1 amide bonds. The van der Waals surface area contributed by atoms with Crippen molar-refractivity contribution in [3.05, 3.63) is 35.8 Å². The van der Waals surface area contributed by atoms with E-state index in [1.165, 1.54) is 18.4 Å². The number of fused-ring (bicyclic) bond motifs is 1. The molecule has 1 aliphatic carbocycles. The maximum Gasteiger partial charge on any atom is 0.257 e. The predicted molar refractivity (Wildman–Crippen MR) is 81.1 cm³/mol. The Bertz CT molecular complexity index is 674. The van der Waals surface area contributed by atoms with Gasteiger partial charge >= 0.3 is 0 Å². The molecule has 5 heteroatoms. The molecule has 1 N–H and O–H groups in total. The Labute approximate surface area is 128 Å². The maximum absolute atomic E-state index is 13.7. The van der Waals surface area contributed by atoms with E-state index in [1.807, 2.05) is 0 Å². The van der Waals surface area contributed by atoms with Crippen molar-refractivity contribution in [3.8, 4) is 0 Å². The smallest absolute Gasteiger partial charge is 0.257 e. The largest absolute Gasteiger partial charge is 0.464 e. The molecule has 1 heterocycles. The molecule has 1 aromatic carbocycles. The fourth-order valence-corrected chi connectivity index (χ4v) is 3.27. The highest BCUT2D eigenvalue weighted by Crippen LogP contribution is 2.29. The molecule has 0 radical (unpaired) electrons. The highest BCUT2D eigenvalue weighted by atomic mass is 19.1.